The van der Waals surface area contributed by atoms with Crippen molar-refractivity contribution in [2.24, 2.45) is 0 Å². The molecule has 0 aliphatic carbocycles. The molecule has 1 aromatic carbocycles. The number of ether oxygens (including phenoxy) is 1. The van der Waals surface area contributed by atoms with Crippen LogP contribution in [0.1, 0.15) is 30.9 Å². The Labute approximate surface area is 126 Å². The number of halogens is 1. The van der Waals surface area contributed by atoms with E-state index in [1.54, 1.807) is 7.11 Å². The number of nitrogens with one attached hydrogen (secondary N) is 1. The molecule has 1 aromatic rings. The van der Waals surface area contributed by atoms with Crippen molar-refractivity contribution in [2.75, 3.05) is 27.2 Å². The molecule has 0 radical (unpaired) electrons. The summed E-state index contributed by atoms with van der Waals surface area (Å²) in [5, 5.41) is 3.03. The molecule has 0 saturated carbocycles. The van der Waals surface area contributed by atoms with Gasteiger partial charge in [-0.2, -0.15) is 0 Å². The molecule has 2 rings (SSSR count). The quantitative estimate of drug-likeness (QED) is 0.907. The maximum absolute atomic E-state index is 12.2. The summed E-state index contributed by atoms with van der Waals surface area (Å²) in [4.78, 5) is 14.2. The summed E-state index contributed by atoms with van der Waals surface area (Å²) in [5.74, 6) is 1.10. The van der Waals surface area contributed by atoms with Crippen molar-refractivity contribution in [1.29, 1.82) is 0 Å². The highest BCUT2D eigenvalue weighted by Crippen LogP contribution is 2.37. The van der Waals surface area contributed by atoms with Crippen LogP contribution in [0.5, 0.6) is 5.75 Å². The van der Waals surface area contributed by atoms with E-state index < -0.39 is 0 Å². The molecule has 5 heteroatoms. The molecule has 1 aliphatic heterocycles. The van der Waals surface area contributed by atoms with E-state index in [0.717, 1.165) is 37.2 Å². The van der Waals surface area contributed by atoms with Crippen LogP contribution in [0.15, 0.2) is 24.3 Å². The molecule has 1 N–H and O–H groups in total. The second-order valence-electron chi connectivity index (χ2n) is 4.84. The molecule has 1 unspecified atom stereocenters. The first-order chi connectivity index (χ1) is 9.27. The first kappa shape index (κ1) is 16.8. The molecule has 0 aromatic heterocycles. The number of para-hydroxylation sites is 1. The number of rotatable bonds is 5. The molecule has 1 amide bonds. The molecule has 0 spiro atoms. The van der Waals surface area contributed by atoms with Crippen LogP contribution in [0.25, 0.3) is 0 Å². The fraction of sp³-hybridized carbons (Fsp3) is 0.533. The fourth-order valence-corrected chi connectivity index (χ4v) is 2.71. The van der Waals surface area contributed by atoms with Crippen LogP contribution < -0.4 is 10.1 Å². The van der Waals surface area contributed by atoms with Gasteiger partial charge in [0.25, 0.3) is 0 Å². The van der Waals surface area contributed by atoms with Gasteiger partial charge in [0, 0.05) is 25.1 Å². The molecule has 112 valence electrons. The maximum atomic E-state index is 12.2. The summed E-state index contributed by atoms with van der Waals surface area (Å²) in [7, 11) is 3.55. The predicted molar refractivity (Wildman–Crippen MR) is 82.5 cm³/mol. The largest absolute Gasteiger partial charge is 0.496 e. The third-order valence-corrected chi connectivity index (χ3v) is 3.66. The highest BCUT2D eigenvalue weighted by atomic mass is 35.5. The average Bonchev–Trinajstić information content (AvgIpc) is 2.94. The van der Waals surface area contributed by atoms with Crippen molar-refractivity contribution >= 4 is 18.3 Å². The Hall–Kier alpha value is -1.26. The Kier molecular flexibility index (Phi) is 6.82. The van der Waals surface area contributed by atoms with Gasteiger partial charge >= 0.3 is 0 Å². The van der Waals surface area contributed by atoms with Gasteiger partial charge in [-0.3, -0.25) is 4.79 Å². The minimum atomic E-state index is 0. The number of carbonyl (C=O) groups excluding carboxylic acids is 1. The molecule has 4 nitrogen and oxygen atoms in total. The average molecular weight is 299 g/mol. The van der Waals surface area contributed by atoms with Crippen molar-refractivity contribution in [2.45, 2.75) is 25.3 Å². The van der Waals surface area contributed by atoms with Crippen LogP contribution in [-0.4, -0.2) is 38.1 Å². The first-order valence-electron chi connectivity index (χ1n) is 6.85. The Morgan fingerprint density at radius 2 is 2.20 bits per heavy atom. The van der Waals surface area contributed by atoms with Crippen molar-refractivity contribution < 1.29 is 9.53 Å². The Morgan fingerprint density at radius 1 is 1.45 bits per heavy atom. The molecule has 1 saturated heterocycles. The smallest absolute Gasteiger partial charge is 0.224 e. The van der Waals surface area contributed by atoms with Gasteiger partial charge in [0.15, 0.2) is 0 Å². The molecule has 20 heavy (non-hydrogen) atoms. The normalized spacial score (nSPS) is 17.7. The summed E-state index contributed by atoms with van der Waals surface area (Å²) in [6.07, 6.45) is 2.64. The van der Waals surface area contributed by atoms with Crippen LogP contribution in [0.3, 0.4) is 0 Å². The SMILES string of the molecule is CNCCC(=O)N1CCCC1c1ccccc1OC.Cl. The Bertz CT molecular complexity index is 440. The number of carbonyl (C=O) groups is 1. The van der Waals surface area contributed by atoms with E-state index in [-0.39, 0.29) is 24.4 Å². The summed E-state index contributed by atoms with van der Waals surface area (Å²) >= 11 is 0. The second kappa shape index (κ2) is 8.12. The summed E-state index contributed by atoms with van der Waals surface area (Å²) in [6.45, 7) is 1.58. The Morgan fingerprint density at radius 3 is 2.90 bits per heavy atom. The molecular formula is C15H23ClN2O2. The van der Waals surface area contributed by atoms with Gasteiger partial charge in [-0.15, -0.1) is 12.4 Å². The van der Waals surface area contributed by atoms with Gasteiger partial charge in [0.2, 0.25) is 5.91 Å². The standard InChI is InChI=1S/C15H22N2O2.ClH/c1-16-10-9-15(18)17-11-5-7-13(17)12-6-3-4-8-14(12)19-2;/h3-4,6,8,13,16H,5,7,9-11H2,1-2H3;1H. The molecule has 0 bridgehead atoms. The third-order valence-electron chi connectivity index (χ3n) is 3.66. The van der Waals surface area contributed by atoms with E-state index in [4.69, 9.17) is 4.74 Å². The van der Waals surface area contributed by atoms with Gasteiger partial charge < -0.3 is 15.0 Å². The maximum Gasteiger partial charge on any atom is 0.224 e. The number of benzene rings is 1. The number of hydrogen-bond donors (Lipinski definition) is 1. The van der Waals surface area contributed by atoms with Crippen molar-refractivity contribution in [3.8, 4) is 5.75 Å². The lowest BCUT2D eigenvalue weighted by Crippen LogP contribution is -2.32. The zero-order valence-corrected chi connectivity index (χ0v) is 12.9. The van der Waals surface area contributed by atoms with E-state index in [1.807, 2.05) is 30.1 Å². The van der Waals surface area contributed by atoms with Gasteiger partial charge in [-0.25, -0.2) is 0 Å². The van der Waals surface area contributed by atoms with Gasteiger partial charge in [-0.1, -0.05) is 18.2 Å². The van der Waals surface area contributed by atoms with Crippen LogP contribution in [0, 0.1) is 0 Å². The zero-order valence-electron chi connectivity index (χ0n) is 12.1. The number of nitrogens with zero attached hydrogens (tertiary/aromatic N) is 1. The van der Waals surface area contributed by atoms with E-state index in [2.05, 4.69) is 11.4 Å². The molecule has 1 atom stereocenters. The lowest BCUT2D eigenvalue weighted by atomic mass is 10.0. The van der Waals surface area contributed by atoms with E-state index in [9.17, 15) is 4.79 Å². The highest BCUT2D eigenvalue weighted by Gasteiger charge is 2.31. The van der Waals surface area contributed by atoms with E-state index in [1.165, 1.54) is 0 Å². The van der Waals surface area contributed by atoms with Crippen molar-refractivity contribution in [3.05, 3.63) is 29.8 Å². The lowest BCUT2D eigenvalue weighted by Gasteiger charge is -2.26. The number of hydrogen-bond acceptors (Lipinski definition) is 3. The second-order valence-corrected chi connectivity index (χ2v) is 4.84. The van der Waals surface area contributed by atoms with Crippen molar-refractivity contribution in [1.82, 2.24) is 10.2 Å². The number of likely N-dealkylation sites (tertiary alicyclic amines) is 1. The lowest BCUT2D eigenvalue weighted by molar-refractivity contribution is -0.132. The topological polar surface area (TPSA) is 41.6 Å². The Balaban J connectivity index is 0.00000200. The fourth-order valence-electron chi connectivity index (χ4n) is 2.71. The molecule has 1 heterocycles. The van der Waals surface area contributed by atoms with Crippen LogP contribution >= 0.6 is 12.4 Å². The molecular weight excluding hydrogens is 276 g/mol. The monoisotopic (exact) mass is 298 g/mol. The molecule has 1 fully saturated rings. The number of methoxy groups -OCH3 is 1. The first-order valence-corrected chi connectivity index (χ1v) is 6.85. The zero-order chi connectivity index (χ0) is 13.7. The van der Waals surface area contributed by atoms with Gasteiger partial charge in [-0.05, 0) is 26.0 Å². The summed E-state index contributed by atoms with van der Waals surface area (Å²) in [5.41, 5.74) is 1.13. The van der Waals surface area contributed by atoms with Gasteiger partial charge in [0.1, 0.15) is 5.75 Å². The summed E-state index contributed by atoms with van der Waals surface area (Å²) in [6, 6.07) is 8.16. The van der Waals surface area contributed by atoms with E-state index >= 15 is 0 Å². The highest BCUT2D eigenvalue weighted by molar-refractivity contribution is 5.85. The number of amides is 1. The molecule has 1 aliphatic rings. The summed E-state index contributed by atoms with van der Waals surface area (Å²) < 4.78 is 5.42. The minimum absolute atomic E-state index is 0. The van der Waals surface area contributed by atoms with E-state index in [0.29, 0.717) is 6.42 Å². The van der Waals surface area contributed by atoms with Crippen LogP contribution in [0.2, 0.25) is 0 Å². The predicted octanol–water partition coefficient (Wildman–Crippen LogP) is 2.39. The van der Waals surface area contributed by atoms with Gasteiger partial charge in [0.05, 0.1) is 13.2 Å². The van der Waals surface area contributed by atoms with Crippen LogP contribution in [0.4, 0.5) is 0 Å². The third kappa shape index (κ3) is 3.64. The minimum Gasteiger partial charge on any atom is -0.496 e. The van der Waals surface area contributed by atoms with Crippen LogP contribution in [-0.2, 0) is 4.79 Å². The van der Waals surface area contributed by atoms with Crippen molar-refractivity contribution in [3.63, 3.8) is 0 Å².